The standard InChI is InChI=1S/C20H22FN5O2/c21-16-3-1-14(2-4-16)11-20(15-5-7-22-8-6-15)18(27)26(19(28)25-20)13-17-12-23-9-10-24-17/h1-4,9-10,12,15,22H,5-8,11,13H2,(H,25,28)/t20-/m0/s1. The van der Waals surface area contributed by atoms with E-state index in [0.29, 0.717) is 12.1 Å². The first-order chi connectivity index (χ1) is 13.6. The van der Waals surface area contributed by atoms with Crippen LogP contribution in [-0.4, -0.2) is 45.4 Å². The van der Waals surface area contributed by atoms with Crippen LogP contribution in [0.4, 0.5) is 9.18 Å². The average Bonchev–Trinajstić information content (AvgIpc) is 2.96. The van der Waals surface area contributed by atoms with Gasteiger partial charge in [-0.2, -0.15) is 0 Å². The number of benzene rings is 1. The minimum atomic E-state index is -1.03. The van der Waals surface area contributed by atoms with Gasteiger partial charge in [-0.05, 0) is 49.5 Å². The predicted molar refractivity (Wildman–Crippen MR) is 99.5 cm³/mol. The molecule has 2 N–H and O–H groups in total. The number of hydrogen-bond donors (Lipinski definition) is 2. The number of aromatic nitrogens is 2. The van der Waals surface area contributed by atoms with Crippen molar-refractivity contribution in [3.8, 4) is 0 Å². The lowest BCUT2D eigenvalue weighted by atomic mass is 9.74. The van der Waals surface area contributed by atoms with Crippen molar-refractivity contribution in [3.05, 3.63) is 59.9 Å². The molecule has 2 aliphatic rings. The van der Waals surface area contributed by atoms with E-state index in [4.69, 9.17) is 0 Å². The fraction of sp³-hybridized carbons (Fsp3) is 0.400. The topological polar surface area (TPSA) is 87.2 Å². The molecule has 3 heterocycles. The molecule has 2 aliphatic heterocycles. The molecular weight excluding hydrogens is 361 g/mol. The first-order valence-electron chi connectivity index (χ1n) is 9.43. The zero-order valence-electron chi connectivity index (χ0n) is 15.4. The van der Waals surface area contributed by atoms with E-state index in [1.165, 1.54) is 23.2 Å². The second-order valence-electron chi connectivity index (χ2n) is 7.32. The van der Waals surface area contributed by atoms with Crippen molar-refractivity contribution in [2.75, 3.05) is 13.1 Å². The van der Waals surface area contributed by atoms with Crippen LogP contribution in [0.25, 0.3) is 0 Å². The highest BCUT2D eigenvalue weighted by Gasteiger charge is 2.55. The SMILES string of the molecule is O=C1N[C@@](Cc2ccc(F)cc2)(C2CCNCC2)C(=O)N1Cc1cnccn1. The van der Waals surface area contributed by atoms with Gasteiger partial charge in [-0.15, -0.1) is 0 Å². The summed E-state index contributed by atoms with van der Waals surface area (Å²) in [5.74, 6) is -0.577. The van der Waals surface area contributed by atoms with Gasteiger partial charge in [0.15, 0.2) is 0 Å². The molecule has 8 heteroatoms. The normalized spacial score (nSPS) is 23.1. The molecule has 1 aromatic carbocycles. The number of piperidine rings is 1. The second kappa shape index (κ2) is 7.63. The largest absolute Gasteiger partial charge is 0.325 e. The molecule has 0 saturated carbocycles. The van der Waals surface area contributed by atoms with Crippen molar-refractivity contribution in [1.82, 2.24) is 25.5 Å². The van der Waals surface area contributed by atoms with Crippen LogP contribution in [0.2, 0.25) is 0 Å². The third-order valence-corrected chi connectivity index (χ3v) is 5.57. The third-order valence-electron chi connectivity index (χ3n) is 5.57. The number of rotatable bonds is 5. The summed E-state index contributed by atoms with van der Waals surface area (Å²) in [6.07, 6.45) is 6.53. The molecule has 146 valence electrons. The van der Waals surface area contributed by atoms with Gasteiger partial charge in [0.05, 0.1) is 18.4 Å². The third kappa shape index (κ3) is 3.47. The summed E-state index contributed by atoms with van der Waals surface area (Å²) in [5.41, 5.74) is 0.336. The molecule has 2 aromatic rings. The van der Waals surface area contributed by atoms with Crippen molar-refractivity contribution in [3.63, 3.8) is 0 Å². The summed E-state index contributed by atoms with van der Waals surface area (Å²) in [6.45, 7) is 1.67. The van der Waals surface area contributed by atoms with Crippen molar-refractivity contribution in [1.29, 1.82) is 0 Å². The maximum atomic E-state index is 13.5. The number of nitrogens with one attached hydrogen (secondary N) is 2. The summed E-state index contributed by atoms with van der Waals surface area (Å²) < 4.78 is 13.3. The van der Waals surface area contributed by atoms with Crippen LogP contribution in [-0.2, 0) is 17.8 Å². The van der Waals surface area contributed by atoms with E-state index < -0.39 is 11.6 Å². The summed E-state index contributed by atoms with van der Waals surface area (Å²) in [6, 6.07) is 5.68. The summed E-state index contributed by atoms with van der Waals surface area (Å²) in [7, 11) is 0. The van der Waals surface area contributed by atoms with E-state index in [1.54, 1.807) is 24.5 Å². The predicted octanol–water partition coefficient (Wildman–Crippen LogP) is 1.65. The molecule has 0 aliphatic carbocycles. The highest BCUT2D eigenvalue weighted by molar-refractivity contribution is 6.07. The molecule has 0 unspecified atom stereocenters. The Kier molecular flexibility index (Phi) is 5.04. The van der Waals surface area contributed by atoms with E-state index in [-0.39, 0.29) is 24.2 Å². The van der Waals surface area contributed by atoms with Gasteiger partial charge in [-0.25, -0.2) is 9.18 Å². The maximum absolute atomic E-state index is 13.5. The van der Waals surface area contributed by atoms with E-state index in [9.17, 15) is 14.0 Å². The molecular formula is C20H22FN5O2. The van der Waals surface area contributed by atoms with Gasteiger partial charge in [0.1, 0.15) is 11.4 Å². The van der Waals surface area contributed by atoms with Crippen LogP contribution in [0.1, 0.15) is 24.1 Å². The van der Waals surface area contributed by atoms with Crippen molar-refractivity contribution < 1.29 is 14.0 Å². The van der Waals surface area contributed by atoms with Crippen LogP contribution in [0.15, 0.2) is 42.9 Å². The lowest BCUT2D eigenvalue weighted by Crippen LogP contribution is -2.57. The fourth-order valence-corrected chi connectivity index (χ4v) is 4.14. The second-order valence-corrected chi connectivity index (χ2v) is 7.32. The van der Waals surface area contributed by atoms with Gasteiger partial charge < -0.3 is 10.6 Å². The molecule has 0 spiro atoms. The van der Waals surface area contributed by atoms with Crippen LogP contribution in [0.3, 0.4) is 0 Å². The van der Waals surface area contributed by atoms with Crippen LogP contribution >= 0.6 is 0 Å². The quantitative estimate of drug-likeness (QED) is 0.767. The molecule has 3 amide bonds. The van der Waals surface area contributed by atoms with Gasteiger partial charge in [-0.3, -0.25) is 19.7 Å². The molecule has 2 fully saturated rings. The number of imide groups is 1. The lowest BCUT2D eigenvalue weighted by molar-refractivity contribution is -0.134. The van der Waals surface area contributed by atoms with E-state index in [0.717, 1.165) is 31.5 Å². The van der Waals surface area contributed by atoms with Gasteiger partial charge >= 0.3 is 6.03 Å². The number of amides is 3. The Hall–Kier alpha value is -2.87. The Morgan fingerprint density at radius 3 is 2.57 bits per heavy atom. The number of nitrogens with zero attached hydrogens (tertiary/aromatic N) is 3. The molecule has 7 nitrogen and oxygen atoms in total. The van der Waals surface area contributed by atoms with Crippen LogP contribution in [0, 0.1) is 11.7 Å². The molecule has 4 rings (SSSR count). The number of carbonyl (C=O) groups excluding carboxylic acids is 2. The van der Waals surface area contributed by atoms with Crippen LogP contribution < -0.4 is 10.6 Å². The highest BCUT2D eigenvalue weighted by atomic mass is 19.1. The van der Waals surface area contributed by atoms with Crippen molar-refractivity contribution in [2.24, 2.45) is 5.92 Å². The molecule has 28 heavy (non-hydrogen) atoms. The first kappa shape index (κ1) is 18.5. The summed E-state index contributed by atoms with van der Waals surface area (Å²) in [4.78, 5) is 35.7. The van der Waals surface area contributed by atoms with E-state index in [2.05, 4.69) is 20.6 Å². The molecule has 2 saturated heterocycles. The van der Waals surface area contributed by atoms with Crippen LogP contribution in [0.5, 0.6) is 0 Å². The zero-order valence-corrected chi connectivity index (χ0v) is 15.4. The Balaban J connectivity index is 1.65. The minimum absolute atomic E-state index is 0.00195. The molecule has 1 atom stereocenters. The van der Waals surface area contributed by atoms with Gasteiger partial charge in [0.2, 0.25) is 0 Å². The Labute approximate surface area is 162 Å². The minimum Gasteiger partial charge on any atom is -0.322 e. The fourth-order valence-electron chi connectivity index (χ4n) is 4.14. The first-order valence-corrected chi connectivity index (χ1v) is 9.43. The van der Waals surface area contributed by atoms with Gasteiger partial charge in [0.25, 0.3) is 5.91 Å². The van der Waals surface area contributed by atoms with Gasteiger partial charge in [-0.1, -0.05) is 12.1 Å². The number of halogens is 1. The Bertz CT molecular complexity index is 855. The smallest absolute Gasteiger partial charge is 0.322 e. The van der Waals surface area contributed by atoms with E-state index in [1.807, 2.05) is 0 Å². The monoisotopic (exact) mass is 383 g/mol. The highest BCUT2D eigenvalue weighted by Crippen LogP contribution is 2.35. The number of hydrogen-bond acceptors (Lipinski definition) is 5. The Morgan fingerprint density at radius 2 is 1.89 bits per heavy atom. The molecule has 0 radical (unpaired) electrons. The van der Waals surface area contributed by atoms with E-state index >= 15 is 0 Å². The maximum Gasteiger partial charge on any atom is 0.325 e. The zero-order chi connectivity index (χ0) is 19.6. The summed E-state index contributed by atoms with van der Waals surface area (Å²) >= 11 is 0. The lowest BCUT2D eigenvalue weighted by Gasteiger charge is -2.38. The Morgan fingerprint density at radius 1 is 1.14 bits per heavy atom. The van der Waals surface area contributed by atoms with Crippen molar-refractivity contribution in [2.45, 2.75) is 31.3 Å². The van der Waals surface area contributed by atoms with Gasteiger partial charge in [0, 0.05) is 18.8 Å². The summed E-state index contributed by atoms with van der Waals surface area (Å²) in [5, 5.41) is 6.29. The number of urea groups is 1. The molecule has 1 aromatic heterocycles. The molecule has 0 bridgehead atoms. The van der Waals surface area contributed by atoms with Crippen molar-refractivity contribution >= 4 is 11.9 Å². The average molecular weight is 383 g/mol. The number of carbonyl (C=O) groups is 2.